The van der Waals surface area contributed by atoms with E-state index in [1.807, 2.05) is 18.4 Å². The molecule has 2 aliphatic rings. The van der Waals surface area contributed by atoms with Gasteiger partial charge in [-0.3, -0.25) is 4.99 Å². The zero-order valence-corrected chi connectivity index (χ0v) is 13.0. The number of anilines is 1. The van der Waals surface area contributed by atoms with Gasteiger partial charge >= 0.3 is 0 Å². The number of hydrogen-bond acceptors (Lipinski definition) is 4. The van der Waals surface area contributed by atoms with Crippen molar-refractivity contribution in [2.75, 3.05) is 24.5 Å². The number of nitriles is 1. The summed E-state index contributed by atoms with van der Waals surface area (Å²) in [6.45, 7) is 7.17. The molecule has 3 rings (SSSR count). The Morgan fingerprint density at radius 1 is 1.23 bits per heavy atom. The largest absolute Gasteiger partial charge is 0.372 e. The molecule has 0 saturated heterocycles. The van der Waals surface area contributed by atoms with Gasteiger partial charge < -0.3 is 9.80 Å². The average Bonchev–Trinajstić information content (AvgIpc) is 2.99. The molecule has 1 unspecified atom stereocenters. The van der Waals surface area contributed by atoms with Crippen LogP contribution in [0, 0.1) is 11.3 Å². The van der Waals surface area contributed by atoms with Crippen LogP contribution < -0.4 is 4.90 Å². The van der Waals surface area contributed by atoms with E-state index < -0.39 is 0 Å². The van der Waals surface area contributed by atoms with E-state index in [1.165, 1.54) is 11.3 Å². The van der Waals surface area contributed by atoms with Crippen molar-refractivity contribution in [2.24, 2.45) is 4.99 Å². The van der Waals surface area contributed by atoms with Crippen LogP contribution in [0.2, 0.25) is 0 Å². The summed E-state index contributed by atoms with van der Waals surface area (Å²) in [5.74, 6) is 0.941. The molecule has 4 nitrogen and oxygen atoms in total. The van der Waals surface area contributed by atoms with Gasteiger partial charge in [-0.15, -0.1) is 0 Å². The van der Waals surface area contributed by atoms with E-state index in [9.17, 15) is 0 Å². The lowest BCUT2D eigenvalue weighted by Gasteiger charge is -2.21. The minimum atomic E-state index is 0.139. The van der Waals surface area contributed by atoms with Crippen LogP contribution in [0.3, 0.4) is 0 Å². The van der Waals surface area contributed by atoms with Gasteiger partial charge in [-0.05, 0) is 43.7 Å². The Balaban J connectivity index is 1.77. The van der Waals surface area contributed by atoms with Gasteiger partial charge in [-0.1, -0.05) is 12.1 Å². The van der Waals surface area contributed by atoms with Crippen molar-refractivity contribution in [1.82, 2.24) is 4.90 Å². The quantitative estimate of drug-likeness (QED) is 0.855. The predicted molar refractivity (Wildman–Crippen MR) is 89.7 cm³/mol. The van der Waals surface area contributed by atoms with E-state index in [2.05, 4.69) is 54.0 Å². The van der Waals surface area contributed by atoms with Crippen molar-refractivity contribution in [3.8, 4) is 6.07 Å². The van der Waals surface area contributed by atoms with Crippen LogP contribution in [0.1, 0.15) is 25.5 Å². The topological polar surface area (TPSA) is 42.6 Å². The minimum Gasteiger partial charge on any atom is -0.372 e. The summed E-state index contributed by atoms with van der Waals surface area (Å²) in [6, 6.07) is 11.0. The number of benzene rings is 1. The molecular weight excluding hydrogens is 272 g/mol. The second kappa shape index (κ2) is 6.07. The highest BCUT2D eigenvalue weighted by Gasteiger charge is 2.25. The minimum absolute atomic E-state index is 0.139. The Morgan fingerprint density at radius 2 is 1.95 bits per heavy atom. The number of allylic oxidation sites excluding steroid dienone is 2. The van der Waals surface area contributed by atoms with Crippen molar-refractivity contribution < 1.29 is 0 Å². The predicted octanol–water partition coefficient (Wildman–Crippen LogP) is 3.27. The molecule has 0 aliphatic carbocycles. The third-order valence-corrected chi connectivity index (χ3v) is 4.19. The maximum atomic E-state index is 8.98. The molecule has 1 aromatic carbocycles. The van der Waals surface area contributed by atoms with E-state index in [0.29, 0.717) is 5.57 Å². The number of amidine groups is 1. The third kappa shape index (κ3) is 2.62. The fourth-order valence-corrected chi connectivity index (χ4v) is 2.93. The third-order valence-electron chi connectivity index (χ3n) is 4.19. The Bertz CT molecular complexity index is 672. The van der Waals surface area contributed by atoms with E-state index in [0.717, 1.165) is 25.5 Å². The highest BCUT2D eigenvalue weighted by Crippen LogP contribution is 2.29. The van der Waals surface area contributed by atoms with E-state index in [-0.39, 0.29) is 6.04 Å². The second-order valence-electron chi connectivity index (χ2n) is 5.45. The summed E-state index contributed by atoms with van der Waals surface area (Å²) < 4.78 is 0. The van der Waals surface area contributed by atoms with Gasteiger partial charge in [0.25, 0.3) is 0 Å². The van der Waals surface area contributed by atoms with Crippen molar-refractivity contribution in [3.63, 3.8) is 0 Å². The van der Waals surface area contributed by atoms with E-state index in [1.54, 1.807) is 0 Å². The first-order valence-electron chi connectivity index (χ1n) is 7.74. The summed E-state index contributed by atoms with van der Waals surface area (Å²) in [7, 11) is 0. The van der Waals surface area contributed by atoms with Crippen LogP contribution in [0.5, 0.6) is 0 Å². The van der Waals surface area contributed by atoms with Crippen LogP contribution in [0.25, 0.3) is 0 Å². The highest BCUT2D eigenvalue weighted by atomic mass is 15.2. The summed E-state index contributed by atoms with van der Waals surface area (Å²) in [6.07, 6.45) is 5.62. The van der Waals surface area contributed by atoms with Crippen LogP contribution in [-0.4, -0.2) is 30.4 Å². The monoisotopic (exact) mass is 292 g/mol. The first kappa shape index (κ1) is 14.4. The Kier molecular flexibility index (Phi) is 3.97. The van der Waals surface area contributed by atoms with Gasteiger partial charge in [-0.25, -0.2) is 0 Å². The molecule has 0 N–H and O–H groups in total. The number of nitrogens with zero attached hydrogens (tertiary/aromatic N) is 4. The van der Waals surface area contributed by atoms with E-state index in [4.69, 9.17) is 10.3 Å². The van der Waals surface area contributed by atoms with Gasteiger partial charge in [0.05, 0.1) is 18.2 Å². The molecule has 2 heterocycles. The molecule has 2 aliphatic heterocycles. The molecule has 0 saturated carbocycles. The molecule has 1 atom stereocenters. The number of fused-ring (bicyclic) bond motifs is 1. The Hall–Kier alpha value is -2.54. The van der Waals surface area contributed by atoms with Crippen molar-refractivity contribution in [2.45, 2.75) is 19.9 Å². The molecular formula is C18H20N4. The number of rotatable bonds is 4. The molecule has 0 aromatic heterocycles. The summed E-state index contributed by atoms with van der Waals surface area (Å²) >= 11 is 0. The summed E-state index contributed by atoms with van der Waals surface area (Å²) in [5, 5.41) is 8.98. The molecule has 0 fully saturated rings. The maximum Gasteiger partial charge on any atom is 0.128 e. The smallest absolute Gasteiger partial charge is 0.128 e. The van der Waals surface area contributed by atoms with Crippen molar-refractivity contribution in [1.29, 1.82) is 5.26 Å². The molecule has 4 heteroatoms. The Morgan fingerprint density at radius 3 is 2.59 bits per heavy atom. The standard InChI is InChI=1S/C18H20N4/c1-3-21(4-2)16-8-6-15(7-9-16)17-13-22-12-14(11-19)5-10-18(22)20-17/h5-10,12,17H,3-4,13H2,1-2H3. The SMILES string of the molecule is CCN(CC)c1ccc(C2CN3C=C(C#N)C=CC3=N2)cc1. The summed E-state index contributed by atoms with van der Waals surface area (Å²) in [4.78, 5) is 9.14. The maximum absolute atomic E-state index is 8.98. The normalized spacial score (nSPS) is 19.3. The van der Waals surface area contributed by atoms with Crippen LogP contribution in [-0.2, 0) is 0 Å². The van der Waals surface area contributed by atoms with Crippen LogP contribution in [0.4, 0.5) is 5.69 Å². The zero-order valence-electron chi connectivity index (χ0n) is 13.0. The lowest BCUT2D eigenvalue weighted by Crippen LogP contribution is -2.23. The molecule has 112 valence electrons. The molecule has 1 aromatic rings. The van der Waals surface area contributed by atoms with Crippen LogP contribution in [0.15, 0.2) is 53.2 Å². The van der Waals surface area contributed by atoms with Gasteiger partial charge in [-0.2, -0.15) is 5.26 Å². The highest BCUT2D eigenvalue weighted by molar-refractivity contribution is 5.97. The van der Waals surface area contributed by atoms with Gasteiger partial charge in [0.2, 0.25) is 0 Å². The first-order valence-corrected chi connectivity index (χ1v) is 7.74. The van der Waals surface area contributed by atoms with E-state index >= 15 is 0 Å². The number of aliphatic imine (C=N–C) groups is 1. The molecule has 0 amide bonds. The molecule has 0 radical (unpaired) electrons. The van der Waals surface area contributed by atoms with Crippen molar-refractivity contribution >= 4 is 11.5 Å². The number of hydrogen-bond donors (Lipinski definition) is 0. The second-order valence-corrected chi connectivity index (χ2v) is 5.45. The zero-order chi connectivity index (χ0) is 15.5. The molecule has 0 spiro atoms. The molecule has 22 heavy (non-hydrogen) atoms. The fourth-order valence-electron chi connectivity index (χ4n) is 2.93. The fraction of sp³-hybridized carbons (Fsp3) is 0.333. The van der Waals surface area contributed by atoms with Gasteiger partial charge in [0.1, 0.15) is 11.9 Å². The first-order chi connectivity index (χ1) is 10.7. The Labute approximate surface area is 131 Å². The van der Waals surface area contributed by atoms with Gasteiger partial charge in [0.15, 0.2) is 0 Å². The van der Waals surface area contributed by atoms with Crippen molar-refractivity contribution in [3.05, 3.63) is 53.8 Å². The summed E-state index contributed by atoms with van der Waals surface area (Å²) in [5.41, 5.74) is 3.15. The van der Waals surface area contributed by atoms with Gasteiger partial charge in [0, 0.05) is 25.0 Å². The molecule has 0 bridgehead atoms. The lowest BCUT2D eigenvalue weighted by molar-refractivity contribution is 0.548. The average molecular weight is 292 g/mol. The van der Waals surface area contributed by atoms with Crippen LogP contribution >= 0.6 is 0 Å². The lowest BCUT2D eigenvalue weighted by atomic mass is 10.1.